The molecule has 2 saturated heterocycles. The van der Waals surface area contributed by atoms with Crippen molar-refractivity contribution in [2.45, 2.75) is 58.0 Å². The Labute approximate surface area is 164 Å². The smallest absolute Gasteiger partial charge is 0.222 e. The number of carbonyl (C=O) groups excluding carboxylic acids is 1. The van der Waals surface area contributed by atoms with Gasteiger partial charge in [-0.3, -0.25) is 9.69 Å². The lowest BCUT2D eigenvalue weighted by molar-refractivity contribution is -0.136. The summed E-state index contributed by atoms with van der Waals surface area (Å²) >= 11 is 0. The monoisotopic (exact) mass is 369 g/mol. The van der Waals surface area contributed by atoms with E-state index in [4.69, 9.17) is 0 Å². The number of likely N-dealkylation sites (tertiary alicyclic amines) is 1. The van der Waals surface area contributed by atoms with Crippen LogP contribution in [0.2, 0.25) is 0 Å². The van der Waals surface area contributed by atoms with Crippen LogP contribution >= 0.6 is 0 Å². The van der Waals surface area contributed by atoms with E-state index in [2.05, 4.69) is 52.8 Å². The second kappa shape index (κ2) is 8.32. The van der Waals surface area contributed by atoms with Crippen molar-refractivity contribution in [3.8, 4) is 0 Å². The number of hydrogen-bond acceptors (Lipinski definition) is 3. The van der Waals surface area contributed by atoms with Crippen LogP contribution < -0.4 is 0 Å². The van der Waals surface area contributed by atoms with E-state index >= 15 is 0 Å². The molecular weight excluding hydrogens is 334 g/mol. The van der Waals surface area contributed by atoms with E-state index in [0.717, 1.165) is 25.9 Å². The molecule has 0 radical (unpaired) electrons. The zero-order chi connectivity index (χ0) is 18.8. The minimum Gasteiger partial charge on any atom is -0.340 e. The molecule has 148 valence electrons. The van der Waals surface area contributed by atoms with Crippen molar-refractivity contribution in [1.82, 2.24) is 14.7 Å². The van der Waals surface area contributed by atoms with Crippen LogP contribution in [0.3, 0.4) is 0 Å². The number of piperidine rings is 1. The van der Waals surface area contributed by atoms with E-state index in [1.165, 1.54) is 45.4 Å². The number of benzene rings is 1. The highest BCUT2D eigenvalue weighted by molar-refractivity contribution is 5.77. The first-order valence-corrected chi connectivity index (χ1v) is 10.9. The Kier molecular flexibility index (Phi) is 5.84. The Hall–Kier alpha value is -1.39. The molecule has 0 aromatic heterocycles. The van der Waals surface area contributed by atoms with Gasteiger partial charge in [-0.2, -0.15) is 0 Å². The molecule has 1 amide bonds. The van der Waals surface area contributed by atoms with Crippen LogP contribution in [-0.2, 0) is 17.6 Å². The number of carbonyl (C=O) groups is 1. The summed E-state index contributed by atoms with van der Waals surface area (Å²) in [7, 11) is 0. The molecule has 0 N–H and O–H groups in total. The molecule has 1 aromatic carbocycles. The lowest BCUT2D eigenvalue weighted by atomic mass is 9.95. The topological polar surface area (TPSA) is 26.8 Å². The van der Waals surface area contributed by atoms with Gasteiger partial charge in [0.05, 0.1) is 0 Å². The predicted molar refractivity (Wildman–Crippen MR) is 110 cm³/mol. The Morgan fingerprint density at radius 3 is 2.48 bits per heavy atom. The largest absolute Gasteiger partial charge is 0.340 e. The third kappa shape index (κ3) is 4.38. The fourth-order valence-corrected chi connectivity index (χ4v) is 5.29. The van der Waals surface area contributed by atoms with Crippen molar-refractivity contribution in [2.75, 3.05) is 39.3 Å². The molecule has 0 saturated carbocycles. The highest BCUT2D eigenvalue weighted by Crippen LogP contribution is 2.26. The van der Waals surface area contributed by atoms with Crippen molar-refractivity contribution < 1.29 is 4.79 Å². The van der Waals surface area contributed by atoms with Crippen molar-refractivity contribution in [2.24, 2.45) is 5.92 Å². The van der Waals surface area contributed by atoms with Gasteiger partial charge in [-0.1, -0.05) is 24.3 Å². The molecule has 2 fully saturated rings. The van der Waals surface area contributed by atoms with Gasteiger partial charge < -0.3 is 9.80 Å². The first-order chi connectivity index (χ1) is 13.1. The lowest BCUT2D eigenvalue weighted by Gasteiger charge is -2.37. The number of amides is 1. The van der Waals surface area contributed by atoms with Gasteiger partial charge in [-0.15, -0.1) is 0 Å². The summed E-state index contributed by atoms with van der Waals surface area (Å²) < 4.78 is 0. The highest BCUT2D eigenvalue weighted by Gasteiger charge is 2.31. The van der Waals surface area contributed by atoms with Crippen LogP contribution in [0.5, 0.6) is 0 Å². The molecule has 0 spiro atoms. The summed E-state index contributed by atoms with van der Waals surface area (Å²) in [6.45, 7) is 11.2. The summed E-state index contributed by atoms with van der Waals surface area (Å²) in [6.07, 6.45) is 5.53. The average Bonchev–Trinajstić information content (AvgIpc) is 2.96. The second-order valence-corrected chi connectivity index (χ2v) is 9.07. The predicted octanol–water partition coefficient (Wildman–Crippen LogP) is 2.81. The SMILES string of the molecule is CC(C)N1CC(CN2CCCN(C3Cc4ccccc4C3)CC2)CCC1=O. The fourth-order valence-electron chi connectivity index (χ4n) is 5.29. The number of hydrogen-bond donors (Lipinski definition) is 0. The van der Waals surface area contributed by atoms with Crippen molar-refractivity contribution in [3.05, 3.63) is 35.4 Å². The van der Waals surface area contributed by atoms with Crippen molar-refractivity contribution in [3.63, 3.8) is 0 Å². The summed E-state index contributed by atoms with van der Waals surface area (Å²) in [6, 6.07) is 10.0. The Bertz CT molecular complexity index is 634. The molecule has 1 atom stereocenters. The van der Waals surface area contributed by atoms with Crippen LogP contribution in [0.25, 0.3) is 0 Å². The maximum Gasteiger partial charge on any atom is 0.222 e. The maximum absolute atomic E-state index is 12.1. The summed E-state index contributed by atoms with van der Waals surface area (Å²) in [5.74, 6) is 0.997. The normalized spacial score (nSPS) is 25.8. The van der Waals surface area contributed by atoms with Crippen LogP contribution in [0.1, 0.15) is 44.2 Å². The van der Waals surface area contributed by atoms with E-state index < -0.39 is 0 Å². The third-order valence-corrected chi connectivity index (χ3v) is 6.85. The van der Waals surface area contributed by atoms with E-state index in [9.17, 15) is 4.79 Å². The second-order valence-electron chi connectivity index (χ2n) is 9.07. The van der Waals surface area contributed by atoms with E-state index in [1.54, 1.807) is 11.1 Å². The van der Waals surface area contributed by atoms with Crippen LogP contribution in [0.4, 0.5) is 0 Å². The molecule has 4 heteroatoms. The first kappa shape index (κ1) is 18.9. The Balaban J connectivity index is 1.29. The third-order valence-electron chi connectivity index (χ3n) is 6.85. The first-order valence-electron chi connectivity index (χ1n) is 10.9. The van der Waals surface area contributed by atoms with Gasteiger partial charge >= 0.3 is 0 Å². The summed E-state index contributed by atoms with van der Waals surface area (Å²) in [5, 5.41) is 0. The molecule has 2 aliphatic heterocycles. The molecule has 1 unspecified atom stereocenters. The van der Waals surface area contributed by atoms with E-state index in [0.29, 0.717) is 23.9 Å². The zero-order valence-electron chi connectivity index (χ0n) is 17.1. The Morgan fingerprint density at radius 1 is 1.04 bits per heavy atom. The molecule has 4 nitrogen and oxygen atoms in total. The fraction of sp³-hybridized carbons (Fsp3) is 0.696. The lowest BCUT2D eigenvalue weighted by Crippen LogP contribution is -2.47. The summed E-state index contributed by atoms with van der Waals surface area (Å²) in [5.41, 5.74) is 3.12. The molecule has 3 aliphatic rings. The molecule has 0 bridgehead atoms. The maximum atomic E-state index is 12.1. The van der Waals surface area contributed by atoms with Crippen LogP contribution in [0, 0.1) is 5.92 Å². The summed E-state index contributed by atoms with van der Waals surface area (Å²) in [4.78, 5) is 19.6. The van der Waals surface area contributed by atoms with Gasteiger partial charge in [0.2, 0.25) is 5.91 Å². The van der Waals surface area contributed by atoms with Crippen molar-refractivity contribution >= 4 is 5.91 Å². The van der Waals surface area contributed by atoms with Gasteiger partial charge in [0.1, 0.15) is 0 Å². The quantitative estimate of drug-likeness (QED) is 0.817. The standard InChI is InChI=1S/C23H35N3O/c1-18(2)26-17-19(8-9-23(26)27)16-24-10-5-11-25(13-12-24)22-14-20-6-3-4-7-21(20)15-22/h3-4,6-7,18-19,22H,5,8-17H2,1-2H3. The molecule has 1 aromatic rings. The van der Waals surface area contributed by atoms with Crippen LogP contribution in [0.15, 0.2) is 24.3 Å². The number of nitrogens with zero attached hydrogens (tertiary/aromatic N) is 3. The van der Waals surface area contributed by atoms with Gasteiger partial charge in [0.25, 0.3) is 0 Å². The van der Waals surface area contributed by atoms with Gasteiger partial charge in [0.15, 0.2) is 0 Å². The van der Waals surface area contributed by atoms with Crippen LogP contribution in [-0.4, -0.2) is 72.0 Å². The van der Waals surface area contributed by atoms with Gasteiger partial charge in [-0.25, -0.2) is 0 Å². The molecule has 2 heterocycles. The van der Waals surface area contributed by atoms with E-state index in [1.807, 2.05) is 0 Å². The highest BCUT2D eigenvalue weighted by atomic mass is 16.2. The Morgan fingerprint density at radius 2 is 1.78 bits per heavy atom. The molecular formula is C23H35N3O. The molecule has 4 rings (SSSR count). The molecule has 27 heavy (non-hydrogen) atoms. The zero-order valence-corrected chi connectivity index (χ0v) is 17.1. The van der Waals surface area contributed by atoms with Gasteiger partial charge in [-0.05, 0) is 69.7 Å². The average molecular weight is 370 g/mol. The number of fused-ring (bicyclic) bond motifs is 1. The minimum atomic E-state index is 0.337. The van der Waals surface area contributed by atoms with Gasteiger partial charge in [0, 0.05) is 44.7 Å². The molecule has 1 aliphatic carbocycles. The van der Waals surface area contributed by atoms with E-state index in [-0.39, 0.29) is 0 Å². The van der Waals surface area contributed by atoms with Crippen molar-refractivity contribution in [1.29, 1.82) is 0 Å². The number of rotatable bonds is 4. The minimum absolute atomic E-state index is 0.337.